The minimum atomic E-state index is 0.824. The van der Waals surface area contributed by atoms with E-state index in [1.54, 1.807) is 0 Å². The van der Waals surface area contributed by atoms with Crippen molar-refractivity contribution < 1.29 is 4.74 Å². The highest BCUT2D eigenvalue weighted by molar-refractivity contribution is 9.10. The molecule has 16 heavy (non-hydrogen) atoms. The van der Waals surface area contributed by atoms with E-state index in [0.29, 0.717) is 0 Å². The van der Waals surface area contributed by atoms with Gasteiger partial charge in [0.15, 0.2) is 0 Å². The quantitative estimate of drug-likeness (QED) is 0.847. The molecule has 0 aromatic heterocycles. The van der Waals surface area contributed by atoms with Crippen LogP contribution < -0.4 is 5.73 Å². The maximum Gasteiger partial charge on any atom is 0.0593 e. The van der Waals surface area contributed by atoms with Crippen LogP contribution in [0, 0.1) is 0 Å². The first-order chi connectivity index (χ1) is 7.77. The minimum absolute atomic E-state index is 0.824. The predicted octanol–water partition coefficient (Wildman–Crippen LogP) is 2.25. The second kappa shape index (κ2) is 5.66. The van der Waals surface area contributed by atoms with E-state index in [1.807, 2.05) is 18.2 Å². The van der Waals surface area contributed by atoms with Crippen molar-refractivity contribution in [2.45, 2.75) is 13.0 Å². The highest BCUT2D eigenvalue weighted by Crippen LogP contribution is 2.24. The smallest absolute Gasteiger partial charge is 0.0593 e. The lowest BCUT2D eigenvalue weighted by Crippen LogP contribution is -2.26. The van der Waals surface area contributed by atoms with E-state index in [0.717, 1.165) is 49.4 Å². The highest BCUT2D eigenvalue weighted by atomic mass is 79.9. The molecule has 1 aliphatic heterocycles. The van der Waals surface area contributed by atoms with Gasteiger partial charge < -0.3 is 10.5 Å². The topological polar surface area (TPSA) is 38.5 Å². The van der Waals surface area contributed by atoms with Gasteiger partial charge in [0.1, 0.15) is 0 Å². The second-order valence-corrected chi connectivity index (χ2v) is 4.90. The van der Waals surface area contributed by atoms with E-state index in [9.17, 15) is 0 Å². The summed E-state index contributed by atoms with van der Waals surface area (Å²) in [5.74, 6) is 0. The first kappa shape index (κ1) is 11.9. The summed E-state index contributed by atoms with van der Waals surface area (Å²) in [7, 11) is 0. The van der Waals surface area contributed by atoms with Gasteiger partial charge in [-0.2, -0.15) is 0 Å². The van der Waals surface area contributed by atoms with Crippen LogP contribution in [0.25, 0.3) is 0 Å². The molecule has 0 radical (unpaired) electrons. The second-order valence-electron chi connectivity index (χ2n) is 4.05. The molecule has 1 aromatic rings. The Morgan fingerprint density at radius 1 is 1.31 bits per heavy atom. The lowest BCUT2D eigenvalue weighted by molar-refractivity contribution is 0.140. The molecule has 0 amide bonds. The summed E-state index contributed by atoms with van der Waals surface area (Å²) in [5.41, 5.74) is 8.04. The molecule has 4 heteroatoms. The summed E-state index contributed by atoms with van der Waals surface area (Å²) in [5, 5.41) is 0. The Hall–Kier alpha value is -0.580. The minimum Gasteiger partial charge on any atom is -0.398 e. The molecule has 1 heterocycles. The summed E-state index contributed by atoms with van der Waals surface area (Å²) in [4.78, 5) is 2.39. The van der Waals surface area contributed by atoms with Gasteiger partial charge in [-0.1, -0.05) is 22.0 Å². The van der Waals surface area contributed by atoms with Gasteiger partial charge in [0.25, 0.3) is 0 Å². The van der Waals surface area contributed by atoms with Gasteiger partial charge in [0.05, 0.1) is 6.61 Å². The van der Waals surface area contributed by atoms with Crippen molar-refractivity contribution in [1.82, 2.24) is 4.90 Å². The summed E-state index contributed by atoms with van der Waals surface area (Å²) in [6.45, 7) is 4.67. The van der Waals surface area contributed by atoms with Gasteiger partial charge in [-0.25, -0.2) is 0 Å². The van der Waals surface area contributed by atoms with Crippen LogP contribution in [0.15, 0.2) is 22.7 Å². The maximum atomic E-state index is 5.99. The van der Waals surface area contributed by atoms with E-state index < -0.39 is 0 Å². The molecule has 1 saturated heterocycles. The fourth-order valence-electron chi connectivity index (χ4n) is 1.92. The Kier molecular flexibility index (Phi) is 4.21. The van der Waals surface area contributed by atoms with Gasteiger partial charge in [-0.05, 0) is 18.6 Å². The number of hydrogen-bond acceptors (Lipinski definition) is 3. The van der Waals surface area contributed by atoms with Crippen molar-refractivity contribution in [1.29, 1.82) is 0 Å². The third kappa shape index (κ3) is 2.97. The number of nitrogens with zero attached hydrogens (tertiary/aromatic N) is 1. The largest absolute Gasteiger partial charge is 0.398 e. The van der Waals surface area contributed by atoms with Crippen LogP contribution in [0.4, 0.5) is 5.69 Å². The van der Waals surface area contributed by atoms with Gasteiger partial charge in [0.2, 0.25) is 0 Å². The molecule has 0 atom stereocenters. The first-order valence-corrected chi connectivity index (χ1v) is 6.39. The van der Waals surface area contributed by atoms with Crippen LogP contribution >= 0.6 is 15.9 Å². The van der Waals surface area contributed by atoms with Crippen molar-refractivity contribution in [2.24, 2.45) is 0 Å². The third-order valence-electron chi connectivity index (χ3n) is 2.85. The predicted molar refractivity (Wildman–Crippen MR) is 69.3 cm³/mol. The Labute approximate surface area is 105 Å². The molecule has 1 aliphatic rings. The van der Waals surface area contributed by atoms with Crippen molar-refractivity contribution in [3.05, 3.63) is 28.2 Å². The molecule has 0 bridgehead atoms. The van der Waals surface area contributed by atoms with Crippen molar-refractivity contribution in [2.75, 3.05) is 32.0 Å². The number of benzene rings is 1. The molecule has 1 fully saturated rings. The standard InChI is InChI=1S/C12H17BrN2O/c13-11-3-1-4-12(14)10(11)9-15-5-2-7-16-8-6-15/h1,3-4H,2,5-9,14H2. The summed E-state index contributed by atoms with van der Waals surface area (Å²) < 4.78 is 6.53. The average molecular weight is 285 g/mol. The number of ether oxygens (including phenoxy) is 1. The Bertz CT molecular complexity index is 329. The molecule has 88 valence electrons. The van der Waals surface area contributed by atoms with E-state index in [4.69, 9.17) is 10.5 Å². The van der Waals surface area contributed by atoms with Crippen LogP contribution in [-0.2, 0) is 11.3 Å². The molecule has 1 aromatic carbocycles. The zero-order valence-electron chi connectivity index (χ0n) is 9.29. The molecular weight excluding hydrogens is 268 g/mol. The van der Waals surface area contributed by atoms with Gasteiger partial charge in [0, 0.05) is 42.0 Å². The number of nitrogens with two attached hydrogens (primary N) is 1. The van der Waals surface area contributed by atoms with Crippen LogP contribution in [-0.4, -0.2) is 31.2 Å². The summed E-state index contributed by atoms with van der Waals surface area (Å²) in [6.07, 6.45) is 1.10. The fraction of sp³-hybridized carbons (Fsp3) is 0.500. The van der Waals surface area contributed by atoms with Gasteiger partial charge in [-0.3, -0.25) is 4.90 Å². The molecule has 0 saturated carbocycles. The average Bonchev–Trinajstić information content (AvgIpc) is 2.52. The van der Waals surface area contributed by atoms with Crippen LogP contribution in [0.1, 0.15) is 12.0 Å². The number of nitrogen functional groups attached to an aromatic ring is 1. The van der Waals surface area contributed by atoms with Gasteiger partial charge >= 0.3 is 0 Å². The SMILES string of the molecule is Nc1cccc(Br)c1CN1CCCOCC1. The Morgan fingerprint density at radius 2 is 2.19 bits per heavy atom. The van der Waals surface area contributed by atoms with Crippen molar-refractivity contribution >= 4 is 21.6 Å². The molecule has 0 unspecified atom stereocenters. The molecule has 2 N–H and O–H groups in total. The van der Waals surface area contributed by atoms with E-state index >= 15 is 0 Å². The highest BCUT2D eigenvalue weighted by Gasteiger charge is 2.12. The van der Waals surface area contributed by atoms with Crippen LogP contribution in [0.5, 0.6) is 0 Å². The zero-order valence-corrected chi connectivity index (χ0v) is 10.9. The number of rotatable bonds is 2. The third-order valence-corrected chi connectivity index (χ3v) is 3.59. The van der Waals surface area contributed by atoms with Crippen molar-refractivity contribution in [3.8, 4) is 0 Å². The first-order valence-electron chi connectivity index (χ1n) is 5.60. The zero-order chi connectivity index (χ0) is 11.4. The van der Waals surface area contributed by atoms with Gasteiger partial charge in [-0.15, -0.1) is 0 Å². The summed E-state index contributed by atoms with van der Waals surface area (Å²) >= 11 is 3.56. The maximum absolute atomic E-state index is 5.99. The summed E-state index contributed by atoms with van der Waals surface area (Å²) in [6, 6.07) is 5.96. The Morgan fingerprint density at radius 3 is 3.00 bits per heavy atom. The molecular formula is C12H17BrN2O. The van der Waals surface area contributed by atoms with E-state index in [2.05, 4.69) is 20.8 Å². The monoisotopic (exact) mass is 284 g/mol. The lowest BCUT2D eigenvalue weighted by atomic mass is 10.1. The van der Waals surface area contributed by atoms with Crippen LogP contribution in [0.3, 0.4) is 0 Å². The molecule has 0 spiro atoms. The molecule has 0 aliphatic carbocycles. The Balaban J connectivity index is 2.07. The van der Waals surface area contributed by atoms with Crippen molar-refractivity contribution in [3.63, 3.8) is 0 Å². The lowest BCUT2D eigenvalue weighted by Gasteiger charge is -2.20. The number of halogens is 1. The van der Waals surface area contributed by atoms with E-state index in [1.165, 1.54) is 5.56 Å². The molecule has 2 rings (SSSR count). The molecule has 3 nitrogen and oxygen atoms in total. The fourth-order valence-corrected chi connectivity index (χ4v) is 2.43. The van der Waals surface area contributed by atoms with E-state index in [-0.39, 0.29) is 0 Å². The normalized spacial score (nSPS) is 18.3. The number of anilines is 1. The number of hydrogen-bond donors (Lipinski definition) is 1. The van der Waals surface area contributed by atoms with Crippen LogP contribution in [0.2, 0.25) is 0 Å².